The Hall–Kier alpha value is -3.60. The summed E-state index contributed by atoms with van der Waals surface area (Å²) in [6, 6.07) is 7.24. The first-order valence-electron chi connectivity index (χ1n) is 16.0. The molecule has 0 aliphatic carbocycles. The van der Waals surface area contributed by atoms with Crippen molar-refractivity contribution in [3.05, 3.63) is 86.5 Å². The molecule has 3 aromatic rings. The molecular weight excluding hydrogens is 843 g/mol. The van der Waals surface area contributed by atoms with Gasteiger partial charge >= 0.3 is 16.2 Å². The lowest BCUT2D eigenvalue weighted by Gasteiger charge is -2.52. The number of phenolic OH excluding ortho intramolecular Hbond substituents is 1. The molecule has 0 radical (unpaired) electrons. The van der Waals surface area contributed by atoms with Crippen LogP contribution < -0.4 is 18.4 Å². The molecule has 0 spiro atoms. The van der Waals surface area contributed by atoms with E-state index in [0.717, 1.165) is 16.7 Å². The van der Waals surface area contributed by atoms with Gasteiger partial charge in [0.2, 0.25) is 10.6 Å². The second kappa shape index (κ2) is 14.9. The summed E-state index contributed by atoms with van der Waals surface area (Å²) in [6.07, 6.45) is -0.181. The molecule has 3 aliphatic heterocycles. The summed E-state index contributed by atoms with van der Waals surface area (Å²) < 4.78 is 57.6. The molecule has 3 atom stereocenters. The topological polar surface area (TPSA) is 150 Å². The number of hydrogen-bond acceptors (Lipinski definition) is 11. The molecule has 1 N–H and O–H groups in total. The highest BCUT2D eigenvalue weighted by atomic mass is 79.9. The monoisotopic (exact) mass is 874 g/mol. The molecular formula is C35H34BrCl3N2O11S. The van der Waals surface area contributed by atoms with Gasteiger partial charge in [-0.2, -0.15) is 8.42 Å². The number of ether oxygens (including phenoxy) is 5. The Kier molecular flexibility index (Phi) is 11.0. The number of piperazine rings is 1. The van der Waals surface area contributed by atoms with Crippen LogP contribution in [0.3, 0.4) is 0 Å². The maximum Gasteiger partial charge on any atom is 0.411 e. The van der Waals surface area contributed by atoms with Gasteiger partial charge in [0.1, 0.15) is 24.4 Å². The lowest BCUT2D eigenvalue weighted by Crippen LogP contribution is -2.62. The second-order valence-corrected chi connectivity index (χ2v) is 17.5. The molecule has 284 valence electrons. The van der Waals surface area contributed by atoms with Crippen LogP contribution in [0.1, 0.15) is 45.5 Å². The average Bonchev–Trinajstić information content (AvgIpc) is 3.59. The summed E-state index contributed by atoms with van der Waals surface area (Å²) in [7, 11) is -2.62. The molecule has 6 rings (SSSR count). The van der Waals surface area contributed by atoms with E-state index in [1.54, 1.807) is 13.8 Å². The van der Waals surface area contributed by atoms with Crippen LogP contribution in [-0.2, 0) is 37.4 Å². The van der Waals surface area contributed by atoms with E-state index in [9.17, 15) is 23.1 Å². The van der Waals surface area contributed by atoms with Gasteiger partial charge in [0, 0.05) is 38.8 Å². The van der Waals surface area contributed by atoms with Gasteiger partial charge in [0.15, 0.2) is 23.0 Å². The van der Waals surface area contributed by atoms with Crippen molar-refractivity contribution in [1.29, 1.82) is 0 Å². The molecule has 3 aromatic carbocycles. The van der Waals surface area contributed by atoms with E-state index in [0.29, 0.717) is 21.2 Å². The van der Waals surface area contributed by atoms with Crippen LogP contribution in [0.25, 0.3) is 0 Å². The highest BCUT2D eigenvalue weighted by molar-refractivity contribution is 9.10. The maximum absolute atomic E-state index is 15.0. The third kappa shape index (κ3) is 7.56. The van der Waals surface area contributed by atoms with E-state index in [1.807, 2.05) is 30.3 Å². The minimum absolute atomic E-state index is 0.0262. The first-order valence-corrected chi connectivity index (χ1v) is 19.7. The summed E-state index contributed by atoms with van der Waals surface area (Å²) in [6.45, 7) is 6.80. The molecule has 0 saturated carbocycles. The predicted molar refractivity (Wildman–Crippen MR) is 198 cm³/mol. The Morgan fingerprint density at radius 2 is 1.83 bits per heavy atom. The van der Waals surface area contributed by atoms with Gasteiger partial charge in [-0.1, -0.05) is 87.6 Å². The first kappa shape index (κ1) is 39.1. The van der Waals surface area contributed by atoms with E-state index in [1.165, 1.54) is 18.1 Å². The Balaban J connectivity index is 1.53. The van der Waals surface area contributed by atoms with E-state index in [2.05, 4.69) is 22.5 Å². The third-order valence-corrected chi connectivity index (χ3v) is 11.0. The van der Waals surface area contributed by atoms with Gasteiger partial charge in [-0.15, -0.1) is 0 Å². The number of aromatic hydroxyl groups is 1. The zero-order valence-corrected chi connectivity index (χ0v) is 33.5. The SMILES string of the molecule is C=C1[C@H]2c3c(O)c(OC)c(C)c(Br)c3C[C@@H](C(=O)N1[C@@H](COCc1ccccc1)c1cc(OS(C)(=O)=O)c(C)c3c1OCO3)N2C(=O)OCC(Cl)(Cl)Cl. The normalized spacial score (nSPS) is 18.5. The minimum atomic E-state index is -4.01. The minimum Gasteiger partial charge on any atom is -0.504 e. The quantitative estimate of drug-likeness (QED) is 0.167. The molecule has 1 saturated heterocycles. The van der Waals surface area contributed by atoms with Crippen molar-refractivity contribution in [2.45, 2.75) is 48.8 Å². The van der Waals surface area contributed by atoms with E-state index < -0.39 is 50.6 Å². The molecule has 0 unspecified atom stereocenters. The van der Waals surface area contributed by atoms with Gasteiger partial charge in [0.25, 0.3) is 5.91 Å². The standard InChI is InChI=1S/C35H34BrCl3N2O11S/c1-17-25(52-53(5,45)46)12-21(32-31(17)50-16-51-32)24(14-48-13-20-9-7-6-8-10-20)40-19(3)28-26-22(27(36)18(2)30(47-4)29(26)42)11-23(33(40)43)41(28)34(44)49-15-35(37,38)39/h6-10,12,23-24,28,42H,3,11,13-16H2,1-2,4-5H3/t23-,24-,28-/m0/s1. The third-order valence-electron chi connectivity index (χ3n) is 9.11. The molecule has 0 aromatic heterocycles. The van der Waals surface area contributed by atoms with Gasteiger partial charge in [0.05, 0.1) is 32.6 Å². The molecule has 53 heavy (non-hydrogen) atoms. The maximum atomic E-state index is 15.0. The summed E-state index contributed by atoms with van der Waals surface area (Å²) in [5.74, 6) is -0.361. The number of fused-ring (bicyclic) bond motifs is 5. The number of amides is 2. The van der Waals surface area contributed by atoms with Crippen LogP contribution in [0.2, 0.25) is 0 Å². The Morgan fingerprint density at radius 1 is 1.15 bits per heavy atom. The van der Waals surface area contributed by atoms with Gasteiger partial charge in [-0.05, 0) is 31.0 Å². The van der Waals surface area contributed by atoms with Crippen molar-refractivity contribution in [2.75, 3.05) is 33.4 Å². The van der Waals surface area contributed by atoms with Crippen LogP contribution in [-0.4, -0.2) is 78.5 Å². The molecule has 18 heteroatoms. The highest BCUT2D eigenvalue weighted by Gasteiger charge is 2.55. The number of rotatable bonds is 10. The van der Waals surface area contributed by atoms with Crippen LogP contribution in [0.5, 0.6) is 28.7 Å². The van der Waals surface area contributed by atoms with Crippen molar-refractivity contribution in [3.8, 4) is 28.7 Å². The lowest BCUT2D eigenvalue weighted by molar-refractivity contribution is -0.145. The summed E-state index contributed by atoms with van der Waals surface area (Å²) in [5.41, 5.74) is 2.84. The molecule has 2 amide bonds. The number of carbonyl (C=O) groups is 2. The van der Waals surface area contributed by atoms with Crippen molar-refractivity contribution >= 4 is 72.9 Å². The zero-order chi connectivity index (χ0) is 38.6. The number of phenols is 1. The van der Waals surface area contributed by atoms with Crippen LogP contribution in [0.4, 0.5) is 4.79 Å². The summed E-state index contributed by atoms with van der Waals surface area (Å²) in [5, 5.41) is 11.7. The highest BCUT2D eigenvalue weighted by Crippen LogP contribution is 2.56. The van der Waals surface area contributed by atoms with E-state index >= 15 is 0 Å². The molecule has 3 aliphatic rings. The fourth-order valence-corrected chi connectivity index (χ4v) is 8.09. The Labute approximate surface area is 329 Å². The molecule has 13 nitrogen and oxygen atoms in total. The Morgan fingerprint density at radius 3 is 2.47 bits per heavy atom. The fraction of sp³-hybridized carbons (Fsp3) is 0.371. The number of hydrogen-bond donors (Lipinski definition) is 1. The largest absolute Gasteiger partial charge is 0.504 e. The Bertz CT molecular complexity index is 2100. The van der Waals surface area contributed by atoms with Crippen LogP contribution >= 0.6 is 50.7 Å². The van der Waals surface area contributed by atoms with Gasteiger partial charge in [-0.25, -0.2) is 4.79 Å². The number of carbonyl (C=O) groups excluding carboxylic acids is 2. The molecule has 2 bridgehead atoms. The lowest BCUT2D eigenvalue weighted by atomic mass is 9.80. The number of benzene rings is 3. The second-order valence-electron chi connectivity index (χ2n) is 12.6. The zero-order valence-electron chi connectivity index (χ0n) is 28.8. The predicted octanol–water partition coefficient (Wildman–Crippen LogP) is 6.94. The summed E-state index contributed by atoms with van der Waals surface area (Å²) >= 11 is 21.3. The number of nitrogens with zero attached hydrogens (tertiary/aromatic N) is 2. The number of alkyl halides is 3. The van der Waals surface area contributed by atoms with E-state index in [4.69, 9.17) is 62.7 Å². The molecule has 1 fully saturated rings. The average molecular weight is 877 g/mol. The summed E-state index contributed by atoms with van der Waals surface area (Å²) in [4.78, 5) is 31.4. The van der Waals surface area contributed by atoms with Crippen molar-refractivity contribution in [2.24, 2.45) is 0 Å². The fourth-order valence-electron chi connectivity index (χ4n) is 6.87. The smallest absolute Gasteiger partial charge is 0.411 e. The van der Waals surface area contributed by atoms with Gasteiger partial charge in [-0.3, -0.25) is 9.69 Å². The van der Waals surface area contributed by atoms with Gasteiger partial charge < -0.3 is 37.9 Å². The van der Waals surface area contributed by atoms with Crippen molar-refractivity contribution in [1.82, 2.24) is 9.80 Å². The van der Waals surface area contributed by atoms with Crippen molar-refractivity contribution < 1.29 is 51.0 Å². The van der Waals surface area contributed by atoms with Crippen LogP contribution in [0.15, 0.2) is 53.1 Å². The first-order chi connectivity index (χ1) is 24.9. The van der Waals surface area contributed by atoms with E-state index in [-0.39, 0.29) is 72.0 Å². The number of methoxy groups -OCH3 is 1. The molecule has 3 heterocycles. The number of halogens is 4. The van der Waals surface area contributed by atoms with Crippen LogP contribution in [0, 0.1) is 13.8 Å². The van der Waals surface area contributed by atoms with Crippen molar-refractivity contribution in [3.63, 3.8) is 0 Å².